The summed E-state index contributed by atoms with van der Waals surface area (Å²) in [6.07, 6.45) is 1.35. The molecule has 0 spiro atoms. The van der Waals surface area contributed by atoms with Crippen molar-refractivity contribution in [2.24, 2.45) is 0 Å². The van der Waals surface area contributed by atoms with Gasteiger partial charge in [-0.25, -0.2) is 9.48 Å². The predicted octanol–water partition coefficient (Wildman–Crippen LogP) is 3.39. The highest BCUT2D eigenvalue weighted by Gasteiger charge is 2.20. The lowest BCUT2D eigenvalue weighted by atomic mass is 10.1. The van der Waals surface area contributed by atoms with Gasteiger partial charge in [-0.05, 0) is 19.9 Å². The molecule has 0 fully saturated rings. The number of carboxylic acid groups (broad SMARTS) is 1. The summed E-state index contributed by atoms with van der Waals surface area (Å²) in [5.41, 5.74) is 2.65. The Bertz CT molecular complexity index is 871. The number of benzene rings is 1. The van der Waals surface area contributed by atoms with Gasteiger partial charge in [-0.2, -0.15) is 5.10 Å². The Morgan fingerprint density at radius 2 is 2.00 bits per heavy atom. The van der Waals surface area contributed by atoms with Crippen LogP contribution in [-0.4, -0.2) is 25.8 Å². The van der Waals surface area contributed by atoms with E-state index in [1.54, 1.807) is 11.6 Å². The maximum Gasteiger partial charge on any atom is 0.339 e. The standard InChI is InChI=1S/C15H12ClN3O2/c1-8-13(16)9(2)19(18-8)14-10-5-3-4-6-12(10)17-7-11(14)15(20)21/h3-7H,1-2H3,(H,20,21). The van der Waals surface area contributed by atoms with E-state index >= 15 is 0 Å². The highest BCUT2D eigenvalue weighted by molar-refractivity contribution is 6.31. The zero-order valence-corrected chi connectivity index (χ0v) is 12.2. The topological polar surface area (TPSA) is 68.0 Å². The zero-order valence-electron chi connectivity index (χ0n) is 11.5. The van der Waals surface area contributed by atoms with Crippen LogP contribution in [0.2, 0.25) is 5.02 Å². The number of fused-ring (bicyclic) bond motifs is 1. The lowest BCUT2D eigenvalue weighted by molar-refractivity contribution is 0.0696. The number of aryl methyl sites for hydroxylation is 1. The highest BCUT2D eigenvalue weighted by Crippen LogP contribution is 2.29. The van der Waals surface area contributed by atoms with Crippen molar-refractivity contribution in [2.75, 3.05) is 0 Å². The molecule has 6 heteroatoms. The first-order valence-corrected chi connectivity index (χ1v) is 6.71. The summed E-state index contributed by atoms with van der Waals surface area (Å²) in [7, 11) is 0. The number of carbonyl (C=O) groups is 1. The van der Waals surface area contributed by atoms with Crippen LogP contribution in [0, 0.1) is 13.8 Å². The second kappa shape index (κ2) is 4.86. The Hall–Kier alpha value is -2.40. The van der Waals surface area contributed by atoms with Crippen LogP contribution in [-0.2, 0) is 0 Å². The van der Waals surface area contributed by atoms with Gasteiger partial charge < -0.3 is 5.11 Å². The minimum atomic E-state index is -1.05. The number of para-hydroxylation sites is 1. The minimum absolute atomic E-state index is 0.0935. The largest absolute Gasteiger partial charge is 0.478 e. The smallest absolute Gasteiger partial charge is 0.339 e. The summed E-state index contributed by atoms with van der Waals surface area (Å²) in [4.78, 5) is 15.7. The number of aromatic nitrogens is 3. The first kappa shape index (κ1) is 13.6. The molecule has 0 saturated heterocycles. The monoisotopic (exact) mass is 301 g/mol. The zero-order chi connectivity index (χ0) is 15.1. The first-order chi connectivity index (χ1) is 10.0. The summed E-state index contributed by atoms with van der Waals surface area (Å²) in [5, 5.41) is 15.1. The van der Waals surface area contributed by atoms with Crippen molar-refractivity contribution >= 4 is 28.5 Å². The van der Waals surface area contributed by atoms with Crippen LogP contribution in [0.25, 0.3) is 16.6 Å². The molecule has 1 N–H and O–H groups in total. The number of rotatable bonds is 2. The Labute approximate surface area is 125 Å². The average Bonchev–Trinajstić information content (AvgIpc) is 2.73. The Kier molecular flexibility index (Phi) is 3.14. The second-order valence-corrected chi connectivity index (χ2v) is 5.12. The van der Waals surface area contributed by atoms with Crippen molar-refractivity contribution in [3.05, 3.63) is 52.4 Å². The van der Waals surface area contributed by atoms with Crippen molar-refractivity contribution in [3.63, 3.8) is 0 Å². The lowest BCUT2D eigenvalue weighted by Crippen LogP contribution is -2.09. The fourth-order valence-corrected chi connectivity index (χ4v) is 2.47. The molecule has 2 heterocycles. The number of aromatic carboxylic acids is 1. The van der Waals surface area contributed by atoms with Crippen LogP contribution in [0.15, 0.2) is 30.5 Å². The predicted molar refractivity (Wildman–Crippen MR) is 80.3 cm³/mol. The molecule has 0 atom stereocenters. The molecule has 3 rings (SSSR count). The minimum Gasteiger partial charge on any atom is -0.478 e. The third-order valence-electron chi connectivity index (χ3n) is 3.39. The second-order valence-electron chi connectivity index (χ2n) is 4.74. The molecule has 0 unspecified atom stereocenters. The van der Waals surface area contributed by atoms with Gasteiger partial charge in [0.15, 0.2) is 0 Å². The molecule has 5 nitrogen and oxygen atoms in total. The molecule has 21 heavy (non-hydrogen) atoms. The van der Waals surface area contributed by atoms with E-state index in [2.05, 4.69) is 10.1 Å². The molecular weight excluding hydrogens is 290 g/mol. The van der Waals surface area contributed by atoms with E-state index in [1.807, 2.05) is 31.2 Å². The van der Waals surface area contributed by atoms with Gasteiger partial charge in [0.1, 0.15) is 5.56 Å². The van der Waals surface area contributed by atoms with E-state index in [9.17, 15) is 9.90 Å². The number of carboxylic acids is 1. The fourth-order valence-electron chi connectivity index (χ4n) is 2.35. The number of halogens is 1. The molecular formula is C15H12ClN3O2. The van der Waals surface area contributed by atoms with E-state index in [1.165, 1.54) is 6.20 Å². The van der Waals surface area contributed by atoms with E-state index in [4.69, 9.17) is 11.6 Å². The molecule has 2 aromatic heterocycles. The summed E-state index contributed by atoms with van der Waals surface area (Å²) in [6.45, 7) is 3.60. The van der Waals surface area contributed by atoms with Gasteiger partial charge in [0.25, 0.3) is 0 Å². The third-order valence-corrected chi connectivity index (χ3v) is 3.94. The van der Waals surface area contributed by atoms with E-state index in [0.29, 0.717) is 27.6 Å². The van der Waals surface area contributed by atoms with Gasteiger partial charge in [-0.1, -0.05) is 29.8 Å². The maximum absolute atomic E-state index is 11.5. The lowest BCUT2D eigenvalue weighted by Gasteiger charge is -2.11. The summed E-state index contributed by atoms with van der Waals surface area (Å²) < 4.78 is 1.57. The normalized spacial score (nSPS) is 11.0. The van der Waals surface area contributed by atoms with E-state index in [0.717, 1.165) is 5.39 Å². The van der Waals surface area contributed by atoms with Gasteiger partial charge in [0, 0.05) is 11.6 Å². The van der Waals surface area contributed by atoms with Gasteiger partial charge >= 0.3 is 5.97 Å². The highest BCUT2D eigenvalue weighted by atomic mass is 35.5. The molecule has 3 aromatic rings. The molecule has 1 aromatic carbocycles. The summed E-state index contributed by atoms with van der Waals surface area (Å²) in [5.74, 6) is -1.05. The Balaban J connectivity index is 2.46. The van der Waals surface area contributed by atoms with Gasteiger partial charge in [-0.3, -0.25) is 4.98 Å². The van der Waals surface area contributed by atoms with Gasteiger partial charge in [0.05, 0.1) is 27.6 Å². The number of nitrogens with zero attached hydrogens (tertiary/aromatic N) is 3. The molecule has 0 radical (unpaired) electrons. The maximum atomic E-state index is 11.5. The van der Waals surface area contributed by atoms with Gasteiger partial charge in [-0.15, -0.1) is 0 Å². The van der Waals surface area contributed by atoms with Crippen LogP contribution in [0.4, 0.5) is 0 Å². The summed E-state index contributed by atoms with van der Waals surface area (Å²) in [6, 6.07) is 7.35. The van der Waals surface area contributed by atoms with Gasteiger partial charge in [0.2, 0.25) is 0 Å². The van der Waals surface area contributed by atoms with Crippen LogP contribution in [0.1, 0.15) is 21.7 Å². The van der Waals surface area contributed by atoms with Crippen LogP contribution >= 0.6 is 11.6 Å². The van der Waals surface area contributed by atoms with Crippen molar-refractivity contribution in [1.82, 2.24) is 14.8 Å². The SMILES string of the molecule is Cc1nn(-c2c(C(=O)O)cnc3ccccc23)c(C)c1Cl. The molecule has 0 aliphatic rings. The molecule has 0 bridgehead atoms. The molecule has 0 aliphatic heterocycles. The first-order valence-electron chi connectivity index (χ1n) is 6.34. The number of hydrogen-bond donors (Lipinski definition) is 1. The molecule has 0 saturated carbocycles. The van der Waals surface area contributed by atoms with E-state index in [-0.39, 0.29) is 5.56 Å². The molecule has 0 aliphatic carbocycles. The molecule has 0 amide bonds. The van der Waals surface area contributed by atoms with Crippen molar-refractivity contribution in [1.29, 1.82) is 0 Å². The van der Waals surface area contributed by atoms with Crippen molar-refractivity contribution < 1.29 is 9.90 Å². The fraction of sp³-hybridized carbons (Fsp3) is 0.133. The third kappa shape index (κ3) is 2.06. The summed E-state index contributed by atoms with van der Waals surface area (Å²) >= 11 is 6.18. The van der Waals surface area contributed by atoms with Crippen molar-refractivity contribution in [2.45, 2.75) is 13.8 Å². The van der Waals surface area contributed by atoms with Crippen LogP contribution in [0.5, 0.6) is 0 Å². The molecule has 106 valence electrons. The van der Waals surface area contributed by atoms with Crippen molar-refractivity contribution in [3.8, 4) is 5.69 Å². The Morgan fingerprint density at radius 3 is 2.62 bits per heavy atom. The van der Waals surface area contributed by atoms with Crippen LogP contribution < -0.4 is 0 Å². The number of hydrogen-bond acceptors (Lipinski definition) is 3. The van der Waals surface area contributed by atoms with E-state index < -0.39 is 5.97 Å². The quantitative estimate of drug-likeness (QED) is 0.788. The average molecular weight is 302 g/mol. The van der Waals surface area contributed by atoms with Crippen LogP contribution in [0.3, 0.4) is 0 Å². The number of pyridine rings is 1. The Morgan fingerprint density at radius 1 is 1.29 bits per heavy atom.